The fourth-order valence-corrected chi connectivity index (χ4v) is 3.45. The summed E-state index contributed by atoms with van der Waals surface area (Å²) in [5, 5.41) is 5.23. The molecule has 0 aliphatic heterocycles. The standard InChI is InChI=1S/C25H28N2O2/c1-18-13-14-19(2)22(17-18)27-25(28)24(21-10-5-4-6-11-21)26-16-15-20-9-7-8-12-23(20)29-3/h4-14,17,24,26H,15-16H2,1-3H3,(H,27,28)/p+1/t24-/m0/s1. The maximum Gasteiger partial charge on any atom is 0.287 e. The third kappa shape index (κ3) is 5.46. The molecule has 1 atom stereocenters. The minimum atomic E-state index is -0.314. The summed E-state index contributed by atoms with van der Waals surface area (Å²) in [5.41, 5.74) is 5.20. The molecule has 0 saturated heterocycles. The maximum atomic E-state index is 13.2. The number of hydrogen-bond acceptors (Lipinski definition) is 2. The van der Waals surface area contributed by atoms with E-state index in [4.69, 9.17) is 4.74 Å². The molecule has 29 heavy (non-hydrogen) atoms. The zero-order valence-electron chi connectivity index (χ0n) is 17.3. The molecule has 0 bridgehead atoms. The van der Waals surface area contributed by atoms with Crippen molar-refractivity contribution in [3.63, 3.8) is 0 Å². The van der Waals surface area contributed by atoms with Crippen LogP contribution < -0.4 is 15.4 Å². The summed E-state index contributed by atoms with van der Waals surface area (Å²) in [7, 11) is 1.69. The highest BCUT2D eigenvalue weighted by molar-refractivity contribution is 5.95. The van der Waals surface area contributed by atoms with Gasteiger partial charge in [0.15, 0.2) is 6.04 Å². The van der Waals surface area contributed by atoms with Crippen LogP contribution in [0.2, 0.25) is 0 Å². The van der Waals surface area contributed by atoms with E-state index in [9.17, 15) is 4.79 Å². The van der Waals surface area contributed by atoms with Gasteiger partial charge in [0.25, 0.3) is 5.91 Å². The summed E-state index contributed by atoms with van der Waals surface area (Å²) >= 11 is 0. The fourth-order valence-electron chi connectivity index (χ4n) is 3.45. The average Bonchev–Trinajstić information content (AvgIpc) is 2.74. The Balaban J connectivity index is 1.74. The predicted octanol–water partition coefficient (Wildman–Crippen LogP) is 3.80. The summed E-state index contributed by atoms with van der Waals surface area (Å²) in [5.74, 6) is 0.877. The van der Waals surface area contributed by atoms with Crippen molar-refractivity contribution >= 4 is 11.6 Å². The van der Waals surface area contributed by atoms with Crippen LogP contribution in [-0.4, -0.2) is 19.6 Å². The summed E-state index contributed by atoms with van der Waals surface area (Å²) in [6, 6.07) is 23.7. The molecule has 4 nitrogen and oxygen atoms in total. The number of benzene rings is 3. The van der Waals surface area contributed by atoms with Crippen molar-refractivity contribution in [2.24, 2.45) is 0 Å². The van der Waals surface area contributed by atoms with Gasteiger partial charge >= 0.3 is 0 Å². The number of carbonyl (C=O) groups excluding carboxylic acids is 1. The Bertz CT molecular complexity index is 954. The lowest BCUT2D eigenvalue weighted by Gasteiger charge is -2.17. The van der Waals surface area contributed by atoms with Gasteiger partial charge in [-0.3, -0.25) is 4.79 Å². The minimum Gasteiger partial charge on any atom is -0.496 e. The number of aryl methyl sites for hydroxylation is 2. The number of para-hydroxylation sites is 1. The SMILES string of the molecule is COc1ccccc1CC[NH2+][C@H](C(=O)Nc1cc(C)ccc1C)c1ccccc1. The molecule has 0 fully saturated rings. The zero-order valence-corrected chi connectivity index (χ0v) is 17.3. The number of nitrogens with two attached hydrogens (primary N) is 1. The Morgan fingerprint density at radius 2 is 1.72 bits per heavy atom. The van der Waals surface area contributed by atoms with Crippen LogP contribution in [0.3, 0.4) is 0 Å². The Hall–Kier alpha value is -3.11. The fraction of sp³-hybridized carbons (Fsp3) is 0.240. The molecule has 0 aliphatic rings. The molecule has 0 saturated carbocycles. The van der Waals surface area contributed by atoms with Crippen molar-refractivity contribution in [1.82, 2.24) is 0 Å². The van der Waals surface area contributed by atoms with E-state index in [1.807, 2.05) is 74.5 Å². The largest absolute Gasteiger partial charge is 0.496 e. The van der Waals surface area contributed by atoms with Crippen LogP contribution in [0.5, 0.6) is 5.75 Å². The van der Waals surface area contributed by atoms with Crippen molar-refractivity contribution in [1.29, 1.82) is 0 Å². The first-order valence-electron chi connectivity index (χ1n) is 9.97. The Kier molecular flexibility index (Phi) is 7.04. The molecule has 0 unspecified atom stereocenters. The van der Waals surface area contributed by atoms with Crippen LogP contribution in [-0.2, 0) is 11.2 Å². The highest BCUT2D eigenvalue weighted by Crippen LogP contribution is 2.19. The van der Waals surface area contributed by atoms with E-state index in [0.717, 1.165) is 46.7 Å². The summed E-state index contributed by atoms with van der Waals surface area (Å²) in [6.07, 6.45) is 0.824. The van der Waals surface area contributed by atoms with Gasteiger partial charge in [-0.2, -0.15) is 0 Å². The lowest BCUT2D eigenvalue weighted by molar-refractivity contribution is -0.682. The number of ether oxygens (including phenoxy) is 1. The van der Waals surface area contributed by atoms with Crippen LogP contribution in [0.25, 0.3) is 0 Å². The Morgan fingerprint density at radius 3 is 2.48 bits per heavy atom. The molecular formula is C25H29N2O2+. The van der Waals surface area contributed by atoms with Crippen LogP contribution in [0, 0.1) is 13.8 Å². The van der Waals surface area contributed by atoms with E-state index >= 15 is 0 Å². The van der Waals surface area contributed by atoms with Crippen molar-refractivity contribution < 1.29 is 14.8 Å². The molecule has 0 spiro atoms. The number of hydrogen-bond donors (Lipinski definition) is 2. The first-order chi connectivity index (χ1) is 14.1. The smallest absolute Gasteiger partial charge is 0.287 e. The number of quaternary nitrogens is 1. The van der Waals surface area contributed by atoms with Gasteiger partial charge in [0.1, 0.15) is 5.75 Å². The quantitative estimate of drug-likeness (QED) is 0.616. The third-order valence-corrected chi connectivity index (χ3v) is 5.10. The summed E-state index contributed by atoms with van der Waals surface area (Å²) < 4.78 is 5.45. The van der Waals surface area contributed by atoms with Gasteiger partial charge in [-0.25, -0.2) is 0 Å². The van der Waals surface area contributed by atoms with Crippen molar-refractivity contribution in [3.05, 3.63) is 95.1 Å². The van der Waals surface area contributed by atoms with E-state index in [-0.39, 0.29) is 11.9 Å². The molecule has 3 N–H and O–H groups in total. The molecule has 0 aliphatic carbocycles. The van der Waals surface area contributed by atoms with E-state index in [2.05, 4.69) is 22.8 Å². The van der Waals surface area contributed by atoms with E-state index in [0.29, 0.717) is 0 Å². The number of carbonyl (C=O) groups is 1. The first-order valence-corrected chi connectivity index (χ1v) is 9.97. The van der Waals surface area contributed by atoms with Crippen molar-refractivity contribution in [3.8, 4) is 5.75 Å². The second-order valence-electron chi connectivity index (χ2n) is 7.28. The third-order valence-electron chi connectivity index (χ3n) is 5.10. The molecule has 0 aromatic heterocycles. The molecular weight excluding hydrogens is 360 g/mol. The van der Waals surface area contributed by atoms with Gasteiger partial charge in [0, 0.05) is 17.7 Å². The van der Waals surface area contributed by atoms with Gasteiger partial charge in [-0.1, -0.05) is 60.7 Å². The molecule has 4 heteroatoms. The van der Waals surface area contributed by atoms with E-state index < -0.39 is 0 Å². The topological polar surface area (TPSA) is 54.9 Å². The Morgan fingerprint density at radius 1 is 1.00 bits per heavy atom. The molecule has 150 valence electrons. The highest BCUT2D eigenvalue weighted by atomic mass is 16.5. The van der Waals surface area contributed by atoms with Gasteiger partial charge in [-0.05, 0) is 42.7 Å². The number of methoxy groups -OCH3 is 1. The monoisotopic (exact) mass is 389 g/mol. The zero-order chi connectivity index (χ0) is 20.6. The van der Waals surface area contributed by atoms with Crippen molar-refractivity contribution in [2.75, 3.05) is 19.0 Å². The lowest BCUT2D eigenvalue weighted by Crippen LogP contribution is -2.87. The summed E-state index contributed by atoms with van der Waals surface area (Å²) in [6.45, 7) is 4.82. The number of anilines is 1. The normalized spacial score (nSPS) is 11.7. The second kappa shape index (κ2) is 9.89. The van der Waals surface area contributed by atoms with Crippen LogP contribution in [0.4, 0.5) is 5.69 Å². The van der Waals surface area contributed by atoms with Crippen LogP contribution in [0.15, 0.2) is 72.8 Å². The van der Waals surface area contributed by atoms with Crippen LogP contribution >= 0.6 is 0 Å². The molecule has 3 aromatic carbocycles. The number of nitrogens with one attached hydrogen (secondary N) is 1. The molecule has 3 rings (SSSR count). The predicted molar refractivity (Wildman–Crippen MR) is 117 cm³/mol. The lowest BCUT2D eigenvalue weighted by atomic mass is 10.0. The van der Waals surface area contributed by atoms with Crippen molar-refractivity contribution in [2.45, 2.75) is 26.3 Å². The van der Waals surface area contributed by atoms with E-state index in [1.165, 1.54) is 0 Å². The van der Waals surface area contributed by atoms with Gasteiger partial charge in [-0.15, -0.1) is 0 Å². The first kappa shape index (κ1) is 20.6. The van der Waals surface area contributed by atoms with Gasteiger partial charge < -0.3 is 15.4 Å². The average molecular weight is 390 g/mol. The van der Waals surface area contributed by atoms with Gasteiger partial charge in [0.2, 0.25) is 0 Å². The number of rotatable bonds is 8. The Labute approximate surface area is 172 Å². The highest BCUT2D eigenvalue weighted by Gasteiger charge is 2.24. The molecule has 0 radical (unpaired) electrons. The second-order valence-corrected chi connectivity index (χ2v) is 7.28. The van der Waals surface area contributed by atoms with Crippen LogP contribution in [0.1, 0.15) is 28.3 Å². The van der Waals surface area contributed by atoms with E-state index in [1.54, 1.807) is 7.11 Å². The molecule has 1 amide bonds. The van der Waals surface area contributed by atoms with Gasteiger partial charge in [0.05, 0.1) is 13.7 Å². The number of amides is 1. The molecule has 3 aromatic rings. The summed E-state index contributed by atoms with van der Waals surface area (Å²) in [4.78, 5) is 13.2. The molecule has 0 heterocycles. The minimum absolute atomic E-state index is 0.00933. The maximum absolute atomic E-state index is 13.2.